The van der Waals surface area contributed by atoms with Gasteiger partial charge in [0.15, 0.2) is 11.5 Å². The number of hydrogen-bond acceptors (Lipinski definition) is 4. The predicted molar refractivity (Wildman–Crippen MR) is 121 cm³/mol. The number of benzene rings is 1. The minimum atomic E-state index is -0.285. The molecule has 0 saturated carbocycles. The van der Waals surface area contributed by atoms with Crippen LogP contribution in [-0.2, 0) is 9.59 Å². The Hall–Kier alpha value is -1.36. The third-order valence-electron chi connectivity index (χ3n) is 4.82. The van der Waals surface area contributed by atoms with Gasteiger partial charge in [0.25, 0.3) is 0 Å². The highest BCUT2D eigenvalue weighted by Crippen LogP contribution is 2.31. The van der Waals surface area contributed by atoms with Crippen LogP contribution >= 0.6 is 15.9 Å². The normalized spacial score (nSPS) is 10.7. The van der Waals surface area contributed by atoms with Crippen LogP contribution in [0.3, 0.4) is 0 Å². The molecule has 0 amide bonds. The van der Waals surface area contributed by atoms with E-state index in [1.165, 1.54) is 38.5 Å². The number of unbranched alkanes of at least 4 members (excludes halogenated alkanes) is 10. The van der Waals surface area contributed by atoms with Gasteiger partial charge in [-0.1, -0.05) is 94.0 Å². The molecule has 0 aliphatic rings. The van der Waals surface area contributed by atoms with Crippen LogP contribution in [0.2, 0.25) is 0 Å². The number of esters is 2. The fourth-order valence-electron chi connectivity index (χ4n) is 3.09. The summed E-state index contributed by atoms with van der Waals surface area (Å²) >= 11 is 3.38. The second-order valence-electron chi connectivity index (χ2n) is 7.57. The molecule has 1 aromatic rings. The average molecular weight is 469 g/mol. The van der Waals surface area contributed by atoms with Crippen molar-refractivity contribution in [3.8, 4) is 11.5 Å². The van der Waals surface area contributed by atoms with Crippen LogP contribution < -0.4 is 9.47 Å². The summed E-state index contributed by atoms with van der Waals surface area (Å²) in [5.41, 5.74) is 0. The van der Waals surface area contributed by atoms with Crippen molar-refractivity contribution in [1.82, 2.24) is 0 Å². The topological polar surface area (TPSA) is 52.6 Å². The molecule has 0 bridgehead atoms. The third-order valence-corrected chi connectivity index (χ3v) is 5.32. The first-order chi connectivity index (χ1) is 14.1. The summed E-state index contributed by atoms with van der Waals surface area (Å²) in [6, 6.07) is 5.11. The third kappa shape index (κ3) is 12.7. The lowest BCUT2D eigenvalue weighted by molar-refractivity contribution is -0.137. The molecule has 0 heterocycles. The Morgan fingerprint density at radius 2 is 1.14 bits per heavy atom. The Balaban J connectivity index is 2.42. The molecule has 0 radical (unpaired) electrons. The summed E-state index contributed by atoms with van der Waals surface area (Å²) in [4.78, 5) is 24.3. The van der Waals surface area contributed by atoms with Gasteiger partial charge in [-0.3, -0.25) is 9.59 Å². The Morgan fingerprint density at radius 1 is 0.690 bits per heavy atom. The van der Waals surface area contributed by atoms with E-state index in [2.05, 4.69) is 29.8 Å². The molecular weight excluding hydrogens is 432 g/mol. The first-order valence-electron chi connectivity index (χ1n) is 11.3. The van der Waals surface area contributed by atoms with Crippen molar-refractivity contribution in [2.75, 3.05) is 0 Å². The van der Waals surface area contributed by atoms with Crippen LogP contribution in [-0.4, -0.2) is 11.9 Å². The van der Waals surface area contributed by atoms with Crippen LogP contribution in [0.4, 0.5) is 0 Å². The van der Waals surface area contributed by atoms with Crippen LogP contribution in [0.5, 0.6) is 11.5 Å². The second kappa shape index (κ2) is 16.4. The van der Waals surface area contributed by atoms with Gasteiger partial charge in [-0.2, -0.15) is 0 Å². The molecule has 0 aliphatic carbocycles. The lowest BCUT2D eigenvalue weighted by Crippen LogP contribution is -2.12. The molecule has 164 valence electrons. The van der Waals surface area contributed by atoms with E-state index in [-0.39, 0.29) is 11.9 Å². The van der Waals surface area contributed by atoms with Crippen molar-refractivity contribution in [1.29, 1.82) is 0 Å². The lowest BCUT2D eigenvalue weighted by atomic mass is 10.1. The van der Waals surface area contributed by atoms with E-state index >= 15 is 0 Å². The largest absolute Gasteiger partial charge is 0.423 e. The molecule has 4 nitrogen and oxygen atoms in total. The Kier molecular flexibility index (Phi) is 14.6. The van der Waals surface area contributed by atoms with Crippen molar-refractivity contribution < 1.29 is 19.1 Å². The van der Waals surface area contributed by atoms with E-state index in [1.54, 1.807) is 18.2 Å². The van der Waals surface area contributed by atoms with Crippen molar-refractivity contribution in [2.24, 2.45) is 0 Å². The maximum absolute atomic E-state index is 12.2. The highest BCUT2D eigenvalue weighted by molar-refractivity contribution is 9.10. The Bertz CT molecular complexity index is 601. The monoisotopic (exact) mass is 468 g/mol. The summed E-state index contributed by atoms with van der Waals surface area (Å²) in [5, 5.41) is 0. The summed E-state index contributed by atoms with van der Waals surface area (Å²) in [5.74, 6) is 0.0370. The molecule has 0 aromatic heterocycles. The SMILES string of the molecule is CCCCCCCCC(=O)Oc1ccc(Br)cc1OC(=O)CCCCCCCC. The number of halogens is 1. The first-order valence-corrected chi connectivity index (χ1v) is 12.1. The molecular formula is C24H37BrO4. The molecule has 5 heteroatoms. The van der Waals surface area contributed by atoms with Gasteiger partial charge in [0.05, 0.1) is 0 Å². The minimum absolute atomic E-state index is 0.281. The molecule has 0 N–H and O–H groups in total. The van der Waals surface area contributed by atoms with Gasteiger partial charge < -0.3 is 9.47 Å². The lowest BCUT2D eigenvalue weighted by Gasteiger charge is -2.11. The zero-order chi connectivity index (χ0) is 21.3. The summed E-state index contributed by atoms with van der Waals surface area (Å²) in [6.45, 7) is 4.38. The number of hydrogen-bond donors (Lipinski definition) is 0. The van der Waals surface area contributed by atoms with Gasteiger partial charge >= 0.3 is 11.9 Å². The molecule has 0 fully saturated rings. The first kappa shape index (κ1) is 25.7. The summed E-state index contributed by atoms with van der Waals surface area (Å²) in [6.07, 6.45) is 14.1. The summed E-state index contributed by atoms with van der Waals surface area (Å²) in [7, 11) is 0. The van der Waals surface area contributed by atoms with Crippen molar-refractivity contribution in [3.05, 3.63) is 22.7 Å². The van der Waals surface area contributed by atoms with Crippen molar-refractivity contribution >= 4 is 27.9 Å². The Morgan fingerprint density at radius 3 is 1.66 bits per heavy atom. The van der Waals surface area contributed by atoms with E-state index in [0.29, 0.717) is 24.3 Å². The van der Waals surface area contributed by atoms with Crippen molar-refractivity contribution in [3.63, 3.8) is 0 Å². The molecule has 1 rings (SSSR count). The molecule has 0 atom stereocenters. The molecule has 0 spiro atoms. The van der Waals surface area contributed by atoms with Gasteiger partial charge in [0, 0.05) is 17.3 Å². The smallest absolute Gasteiger partial charge is 0.311 e. The van der Waals surface area contributed by atoms with Gasteiger partial charge in [-0.25, -0.2) is 0 Å². The number of ether oxygens (including phenoxy) is 2. The van der Waals surface area contributed by atoms with Crippen molar-refractivity contribution in [2.45, 2.75) is 104 Å². The van der Waals surface area contributed by atoms with Gasteiger partial charge in [-0.05, 0) is 31.0 Å². The highest BCUT2D eigenvalue weighted by Gasteiger charge is 2.14. The number of rotatable bonds is 16. The highest BCUT2D eigenvalue weighted by atomic mass is 79.9. The van der Waals surface area contributed by atoms with Crippen LogP contribution in [0, 0.1) is 0 Å². The number of carbonyl (C=O) groups excluding carboxylic acids is 2. The van der Waals surface area contributed by atoms with Crippen LogP contribution in [0.15, 0.2) is 22.7 Å². The zero-order valence-corrected chi connectivity index (χ0v) is 19.7. The van der Waals surface area contributed by atoms with E-state index in [1.807, 2.05) is 0 Å². The van der Waals surface area contributed by atoms with E-state index in [0.717, 1.165) is 43.0 Å². The Labute approximate surface area is 184 Å². The van der Waals surface area contributed by atoms with Gasteiger partial charge in [0.1, 0.15) is 0 Å². The zero-order valence-electron chi connectivity index (χ0n) is 18.1. The quantitative estimate of drug-likeness (QED) is 0.141. The molecule has 0 unspecified atom stereocenters. The maximum Gasteiger partial charge on any atom is 0.311 e. The number of carbonyl (C=O) groups is 2. The standard InChI is InChI=1S/C24H37BrO4/c1-3-5-7-9-11-13-15-23(26)28-21-18-17-20(25)19-22(21)29-24(27)16-14-12-10-8-6-4-2/h17-19H,3-16H2,1-2H3. The molecule has 0 aliphatic heterocycles. The van der Waals surface area contributed by atoms with Crippen LogP contribution in [0.1, 0.15) is 104 Å². The van der Waals surface area contributed by atoms with E-state index in [9.17, 15) is 9.59 Å². The molecule has 0 saturated heterocycles. The molecule has 1 aromatic carbocycles. The maximum atomic E-state index is 12.2. The molecule has 29 heavy (non-hydrogen) atoms. The second-order valence-corrected chi connectivity index (χ2v) is 8.49. The summed E-state index contributed by atoms with van der Waals surface area (Å²) < 4.78 is 11.7. The fraction of sp³-hybridized carbons (Fsp3) is 0.667. The minimum Gasteiger partial charge on any atom is -0.423 e. The fourth-order valence-corrected chi connectivity index (χ4v) is 3.43. The average Bonchev–Trinajstić information content (AvgIpc) is 2.69. The predicted octanol–water partition coefficient (Wildman–Crippen LogP) is 7.76. The van der Waals surface area contributed by atoms with Gasteiger partial charge in [0.2, 0.25) is 0 Å². The van der Waals surface area contributed by atoms with Gasteiger partial charge in [-0.15, -0.1) is 0 Å². The van der Waals surface area contributed by atoms with E-state index < -0.39 is 0 Å². The van der Waals surface area contributed by atoms with Crippen LogP contribution in [0.25, 0.3) is 0 Å². The van der Waals surface area contributed by atoms with E-state index in [4.69, 9.17) is 9.47 Å².